The molecule has 0 amide bonds. The summed E-state index contributed by atoms with van der Waals surface area (Å²) in [6.07, 6.45) is 0. The minimum absolute atomic E-state index is 0.0743. The molecule has 3 rings (SSSR count). The van der Waals surface area contributed by atoms with Crippen molar-refractivity contribution in [3.8, 4) is 0 Å². The second-order valence-electron chi connectivity index (χ2n) is 6.89. The average molecular weight is 325 g/mol. The van der Waals surface area contributed by atoms with Gasteiger partial charge in [0, 0.05) is 0 Å². The molecule has 0 saturated carbocycles. The molecule has 0 saturated heterocycles. The van der Waals surface area contributed by atoms with E-state index in [1.165, 1.54) is 22.3 Å². The highest BCUT2D eigenvalue weighted by Gasteiger charge is 2.15. The SMILES string of the molecule is CC(C)(C)c1ccc(Cn2c(=O)oc3cc(C(=O)O)ccc32)cc1. The number of rotatable bonds is 3. The van der Waals surface area contributed by atoms with Gasteiger partial charge in [0.05, 0.1) is 17.6 Å². The van der Waals surface area contributed by atoms with Crippen LogP contribution < -0.4 is 5.76 Å². The molecule has 0 bridgehead atoms. The van der Waals surface area contributed by atoms with Gasteiger partial charge in [-0.25, -0.2) is 9.59 Å². The molecule has 124 valence electrons. The molecule has 0 radical (unpaired) electrons. The first-order valence-corrected chi connectivity index (χ1v) is 7.72. The first-order chi connectivity index (χ1) is 11.3. The minimum Gasteiger partial charge on any atom is -0.478 e. The van der Waals surface area contributed by atoms with Crippen molar-refractivity contribution in [2.75, 3.05) is 0 Å². The van der Waals surface area contributed by atoms with Crippen molar-refractivity contribution in [3.05, 3.63) is 69.7 Å². The maximum Gasteiger partial charge on any atom is 0.420 e. The maximum absolute atomic E-state index is 12.1. The molecule has 0 aliphatic carbocycles. The topological polar surface area (TPSA) is 72.4 Å². The van der Waals surface area contributed by atoms with E-state index in [1.54, 1.807) is 6.07 Å². The highest BCUT2D eigenvalue weighted by Crippen LogP contribution is 2.23. The number of carboxylic acid groups (broad SMARTS) is 1. The van der Waals surface area contributed by atoms with Crippen molar-refractivity contribution in [3.63, 3.8) is 0 Å². The van der Waals surface area contributed by atoms with E-state index in [0.29, 0.717) is 12.1 Å². The fourth-order valence-electron chi connectivity index (χ4n) is 2.64. The summed E-state index contributed by atoms with van der Waals surface area (Å²) in [6, 6.07) is 12.6. The van der Waals surface area contributed by atoms with Crippen LogP contribution in [-0.2, 0) is 12.0 Å². The van der Waals surface area contributed by atoms with Gasteiger partial charge in [0.1, 0.15) is 0 Å². The fraction of sp³-hybridized carbons (Fsp3) is 0.263. The number of aromatic nitrogens is 1. The van der Waals surface area contributed by atoms with Gasteiger partial charge in [-0.05, 0) is 34.7 Å². The van der Waals surface area contributed by atoms with Crippen LogP contribution in [0.2, 0.25) is 0 Å². The zero-order valence-electron chi connectivity index (χ0n) is 13.9. The standard InChI is InChI=1S/C19H19NO4/c1-19(2,3)14-7-4-12(5-8-14)11-20-15-9-6-13(17(21)22)10-16(15)24-18(20)23/h4-10H,11H2,1-3H3,(H,21,22). The summed E-state index contributed by atoms with van der Waals surface area (Å²) in [4.78, 5) is 23.1. The van der Waals surface area contributed by atoms with Crippen LogP contribution in [0.25, 0.3) is 11.1 Å². The fourth-order valence-corrected chi connectivity index (χ4v) is 2.64. The van der Waals surface area contributed by atoms with Crippen LogP contribution in [-0.4, -0.2) is 15.6 Å². The lowest BCUT2D eigenvalue weighted by atomic mass is 9.87. The molecule has 2 aromatic carbocycles. The number of oxazole rings is 1. The molecule has 0 atom stereocenters. The summed E-state index contributed by atoms with van der Waals surface area (Å²) in [5, 5.41) is 9.02. The van der Waals surface area contributed by atoms with E-state index in [0.717, 1.165) is 5.56 Å². The zero-order chi connectivity index (χ0) is 17.5. The Labute approximate surface area is 139 Å². The lowest BCUT2D eigenvalue weighted by Gasteiger charge is -2.19. The average Bonchev–Trinajstić information content (AvgIpc) is 2.82. The quantitative estimate of drug-likeness (QED) is 0.798. The van der Waals surface area contributed by atoms with E-state index in [2.05, 4.69) is 32.9 Å². The van der Waals surface area contributed by atoms with Gasteiger partial charge in [0.15, 0.2) is 5.58 Å². The van der Waals surface area contributed by atoms with Crippen LogP contribution in [0.15, 0.2) is 51.7 Å². The van der Waals surface area contributed by atoms with Crippen molar-refractivity contribution < 1.29 is 14.3 Å². The first kappa shape index (κ1) is 16.1. The van der Waals surface area contributed by atoms with Gasteiger partial charge < -0.3 is 9.52 Å². The lowest BCUT2D eigenvalue weighted by molar-refractivity contribution is 0.0697. The van der Waals surface area contributed by atoms with Crippen LogP contribution in [0, 0.1) is 0 Å². The van der Waals surface area contributed by atoms with E-state index >= 15 is 0 Å². The van der Waals surface area contributed by atoms with Gasteiger partial charge in [-0.2, -0.15) is 0 Å². The van der Waals surface area contributed by atoms with Crippen LogP contribution in [0.1, 0.15) is 42.3 Å². The Hall–Kier alpha value is -2.82. The molecule has 1 N–H and O–H groups in total. The minimum atomic E-state index is -1.05. The van der Waals surface area contributed by atoms with Crippen molar-refractivity contribution in [1.82, 2.24) is 4.57 Å². The third-order valence-corrected chi connectivity index (χ3v) is 4.08. The number of carbonyl (C=O) groups is 1. The lowest BCUT2D eigenvalue weighted by Crippen LogP contribution is -2.15. The maximum atomic E-state index is 12.1. The van der Waals surface area contributed by atoms with Crippen molar-refractivity contribution in [2.24, 2.45) is 0 Å². The Morgan fingerprint density at radius 3 is 2.38 bits per heavy atom. The Kier molecular flexibility index (Phi) is 3.79. The van der Waals surface area contributed by atoms with Gasteiger partial charge in [-0.1, -0.05) is 45.0 Å². The van der Waals surface area contributed by atoms with Gasteiger partial charge >= 0.3 is 11.7 Å². The van der Waals surface area contributed by atoms with E-state index in [9.17, 15) is 9.59 Å². The molecule has 0 fully saturated rings. The third kappa shape index (κ3) is 2.97. The van der Waals surface area contributed by atoms with Gasteiger partial charge in [-0.15, -0.1) is 0 Å². The second-order valence-corrected chi connectivity index (χ2v) is 6.89. The molecule has 5 nitrogen and oxygen atoms in total. The summed E-state index contributed by atoms with van der Waals surface area (Å²) in [5.74, 6) is -1.54. The number of hydrogen-bond donors (Lipinski definition) is 1. The molecule has 5 heteroatoms. The highest BCUT2D eigenvalue weighted by molar-refractivity contribution is 5.91. The summed E-state index contributed by atoms with van der Waals surface area (Å²) in [7, 11) is 0. The van der Waals surface area contributed by atoms with E-state index in [1.807, 2.05) is 12.1 Å². The van der Waals surface area contributed by atoms with Crippen LogP contribution in [0.4, 0.5) is 0 Å². The molecular formula is C19H19NO4. The third-order valence-electron chi connectivity index (χ3n) is 4.08. The van der Waals surface area contributed by atoms with Crippen molar-refractivity contribution >= 4 is 17.1 Å². The van der Waals surface area contributed by atoms with E-state index < -0.39 is 11.7 Å². The first-order valence-electron chi connectivity index (χ1n) is 7.72. The molecule has 0 aliphatic heterocycles. The molecule has 24 heavy (non-hydrogen) atoms. The van der Waals surface area contributed by atoms with Crippen LogP contribution in [0.3, 0.4) is 0 Å². The number of aromatic carboxylic acids is 1. The monoisotopic (exact) mass is 325 g/mol. The van der Waals surface area contributed by atoms with Crippen LogP contribution in [0.5, 0.6) is 0 Å². The Balaban J connectivity index is 1.97. The smallest absolute Gasteiger partial charge is 0.420 e. The van der Waals surface area contributed by atoms with Crippen LogP contribution >= 0.6 is 0 Å². The summed E-state index contributed by atoms with van der Waals surface area (Å²) in [5.41, 5.74) is 3.25. The molecule has 3 aromatic rings. The Morgan fingerprint density at radius 2 is 1.79 bits per heavy atom. The number of hydrogen-bond acceptors (Lipinski definition) is 3. The second kappa shape index (κ2) is 5.67. The molecule has 0 aliphatic rings. The highest BCUT2D eigenvalue weighted by atomic mass is 16.4. The molecular weight excluding hydrogens is 306 g/mol. The summed E-state index contributed by atoms with van der Waals surface area (Å²) in [6.45, 7) is 6.82. The molecule has 1 heterocycles. The van der Waals surface area contributed by atoms with E-state index in [-0.39, 0.29) is 16.6 Å². The zero-order valence-corrected chi connectivity index (χ0v) is 13.9. The molecule has 1 aromatic heterocycles. The van der Waals surface area contributed by atoms with Gasteiger partial charge in [-0.3, -0.25) is 4.57 Å². The predicted octanol–water partition coefficient (Wildman–Crippen LogP) is 3.64. The number of nitrogens with zero attached hydrogens (tertiary/aromatic N) is 1. The Morgan fingerprint density at radius 1 is 1.12 bits per heavy atom. The molecule has 0 unspecified atom stereocenters. The van der Waals surface area contributed by atoms with Crippen molar-refractivity contribution in [1.29, 1.82) is 0 Å². The molecule has 0 spiro atoms. The summed E-state index contributed by atoms with van der Waals surface area (Å²) < 4.78 is 6.69. The number of benzene rings is 2. The van der Waals surface area contributed by atoms with Gasteiger partial charge in [0.25, 0.3) is 0 Å². The normalized spacial score (nSPS) is 11.8. The number of carboxylic acids is 1. The van der Waals surface area contributed by atoms with E-state index in [4.69, 9.17) is 9.52 Å². The summed E-state index contributed by atoms with van der Waals surface area (Å²) >= 11 is 0. The van der Waals surface area contributed by atoms with Crippen molar-refractivity contribution in [2.45, 2.75) is 32.7 Å². The Bertz CT molecular complexity index is 956. The number of fused-ring (bicyclic) bond motifs is 1. The predicted molar refractivity (Wildman–Crippen MR) is 91.7 cm³/mol. The van der Waals surface area contributed by atoms with Gasteiger partial charge in [0.2, 0.25) is 0 Å². The largest absolute Gasteiger partial charge is 0.478 e.